The summed E-state index contributed by atoms with van der Waals surface area (Å²) in [7, 11) is 1.46. The first kappa shape index (κ1) is 18.9. The third kappa shape index (κ3) is 4.11. The van der Waals surface area contributed by atoms with E-state index in [-0.39, 0.29) is 12.0 Å². The van der Waals surface area contributed by atoms with Gasteiger partial charge < -0.3 is 14.9 Å². The van der Waals surface area contributed by atoms with Crippen LogP contribution in [0.2, 0.25) is 0 Å². The molecule has 3 rings (SSSR count). The zero-order chi connectivity index (χ0) is 19.6. The molecule has 10 heteroatoms. The topological polar surface area (TPSA) is 77.0 Å². The summed E-state index contributed by atoms with van der Waals surface area (Å²) < 4.78 is 42.5. The van der Waals surface area contributed by atoms with Crippen LogP contribution in [0.25, 0.3) is 0 Å². The molecule has 1 amide bonds. The standard InChI is InChI=1S/C17H13F3N2O4S/c1-25-10-4-2-3-9(7-10)15(23)26-22-13-8-12(11-5-6-27-14(11)13)21-16(24)17(18,19)20/h2-7,12H,8H2,1H3,(H,21,24)/t12-/m1/s1. The fourth-order valence-electron chi connectivity index (χ4n) is 2.57. The Kier molecular flexibility index (Phi) is 5.17. The van der Waals surface area contributed by atoms with E-state index in [4.69, 9.17) is 9.57 Å². The molecule has 1 N–H and O–H groups in total. The van der Waals surface area contributed by atoms with Crippen molar-refractivity contribution in [1.82, 2.24) is 5.32 Å². The molecular weight excluding hydrogens is 385 g/mol. The molecule has 0 fully saturated rings. The van der Waals surface area contributed by atoms with Crippen molar-refractivity contribution in [3.05, 3.63) is 51.7 Å². The van der Waals surface area contributed by atoms with Crippen LogP contribution in [-0.4, -0.2) is 30.9 Å². The van der Waals surface area contributed by atoms with Gasteiger partial charge >= 0.3 is 18.1 Å². The predicted octanol–water partition coefficient (Wildman–Crippen LogP) is 3.44. The molecule has 0 spiro atoms. The fourth-order valence-corrected chi connectivity index (χ4v) is 3.52. The zero-order valence-corrected chi connectivity index (χ0v) is 14.7. The van der Waals surface area contributed by atoms with Crippen molar-refractivity contribution < 1.29 is 32.3 Å². The monoisotopic (exact) mass is 398 g/mol. The minimum atomic E-state index is -4.98. The molecule has 0 radical (unpaired) electrons. The molecule has 0 saturated heterocycles. The molecule has 2 aromatic rings. The summed E-state index contributed by atoms with van der Waals surface area (Å²) >= 11 is 1.24. The highest BCUT2D eigenvalue weighted by atomic mass is 32.1. The maximum absolute atomic E-state index is 12.5. The first-order valence-corrected chi connectivity index (χ1v) is 8.55. The Bertz CT molecular complexity index is 908. The molecule has 0 bridgehead atoms. The molecule has 1 aromatic heterocycles. The van der Waals surface area contributed by atoms with Crippen LogP contribution >= 0.6 is 11.3 Å². The third-order valence-corrected chi connectivity index (χ3v) is 4.82. The number of hydrogen-bond acceptors (Lipinski definition) is 6. The van der Waals surface area contributed by atoms with Gasteiger partial charge in [0.15, 0.2) is 0 Å². The zero-order valence-electron chi connectivity index (χ0n) is 13.9. The van der Waals surface area contributed by atoms with E-state index in [1.807, 2.05) is 5.32 Å². The predicted molar refractivity (Wildman–Crippen MR) is 90.8 cm³/mol. The number of thiophene rings is 1. The largest absolute Gasteiger partial charge is 0.497 e. The normalized spacial score (nSPS) is 17.5. The lowest BCUT2D eigenvalue weighted by Crippen LogP contribution is -2.38. The summed E-state index contributed by atoms with van der Waals surface area (Å²) in [5.74, 6) is -2.30. The van der Waals surface area contributed by atoms with Gasteiger partial charge in [0.1, 0.15) is 11.5 Å². The molecule has 1 aromatic carbocycles. The van der Waals surface area contributed by atoms with E-state index in [0.717, 1.165) is 0 Å². The van der Waals surface area contributed by atoms with Crippen molar-refractivity contribution in [2.45, 2.75) is 18.6 Å². The minimum Gasteiger partial charge on any atom is -0.497 e. The van der Waals surface area contributed by atoms with Crippen molar-refractivity contribution in [3.8, 4) is 5.75 Å². The highest BCUT2D eigenvalue weighted by Gasteiger charge is 2.42. The Morgan fingerprint density at radius 3 is 2.78 bits per heavy atom. The lowest BCUT2D eigenvalue weighted by molar-refractivity contribution is -0.174. The van der Waals surface area contributed by atoms with Crippen molar-refractivity contribution in [2.24, 2.45) is 5.16 Å². The number of rotatable bonds is 4. The summed E-state index contributed by atoms with van der Waals surface area (Å²) in [5, 5.41) is 7.39. The minimum absolute atomic E-state index is 0.00474. The second-order valence-corrected chi connectivity index (χ2v) is 6.50. The van der Waals surface area contributed by atoms with Crippen LogP contribution in [0.1, 0.15) is 33.3 Å². The Hall–Kier alpha value is -2.88. The van der Waals surface area contributed by atoms with Crippen molar-refractivity contribution in [1.29, 1.82) is 0 Å². The highest BCUT2D eigenvalue weighted by Crippen LogP contribution is 2.36. The van der Waals surface area contributed by atoms with Gasteiger partial charge in [-0.3, -0.25) is 4.79 Å². The van der Waals surface area contributed by atoms with Gasteiger partial charge in [0.05, 0.1) is 23.6 Å². The molecule has 1 heterocycles. The molecule has 6 nitrogen and oxygen atoms in total. The van der Waals surface area contributed by atoms with Crippen LogP contribution < -0.4 is 10.1 Å². The Morgan fingerprint density at radius 1 is 1.30 bits per heavy atom. The van der Waals surface area contributed by atoms with Crippen LogP contribution in [-0.2, 0) is 9.63 Å². The van der Waals surface area contributed by atoms with Crippen molar-refractivity contribution in [3.63, 3.8) is 0 Å². The average molecular weight is 398 g/mol. The number of oxime groups is 1. The van der Waals surface area contributed by atoms with E-state index in [2.05, 4.69) is 5.16 Å². The number of carbonyl (C=O) groups is 2. The number of methoxy groups -OCH3 is 1. The second-order valence-electron chi connectivity index (χ2n) is 5.58. The number of amides is 1. The summed E-state index contributed by atoms with van der Waals surface area (Å²) in [6, 6.07) is 6.98. The van der Waals surface area contributed by atoms with Crippen LogP contribution in [0, 0.1) is 0 Å². The second kappa shape index (κ2) is 7.39. The maximum atomic E-state index is 12.5. The van der Waals surface area contributed by atoms with Crippen molar-refractivity contribution >= 4 is 28.9 Å². The van der Waals surface area contributed by atoms with Crippen LogP contribution in [0.15, 0.2) is 40.9 Å². The molecule has 0 unspecified atom stereocenters. The quantitative estimate of drug-likeness (QED) is 0.632. The summed E-state index contributed by atoms with van der Waals surface area (Å²) in [6.07, 6.45) is -4.98. The van der Waals surface area contributed by atoms with E-state index in [1.54, 1.807) is 23.6 Å². The van der Waals surface area contributed by atoms with Gasteiger partial charge in [0.25, 0.3) is 0 Å². The molecule has 1 aliphatic rings. The maximum Gasteiger partial charge on any atom is 0.471 e. The van der Waals surface area contributed by atoms with E-state index in [1.165, 1.54) is 30.6 Å². The molecule has 27 heavy (non-hydrogen) atoms. The van der Waals surface area contributed by atoms with Gasteiger partial charge in [0.2, 0.25) is 0 Å². The highest BCUT2D eigenvalue weighted by molar-refractivity contribution is 7.12. The van der Waals surface area contributed by atoms with Crippen molar-refractivity contribution in [2.75, 3.05) is 7.11 Å². The van der Waals surface area contributed by atoms with Crippen LogP contribution in [0.4, 0.5) is 13.2 Å². The molecule has 1 atom stereocenters. The van der Waals surface area contributed by atoms with E-state index in [9.17, 15) is 22.8 Å². The van der Waals surface area contributed by atoms with Gasteiger partial charge in [-0.05, 0) is 35.2 Å². The Balaban J connectivity index is 1.74. The number of halogens is 3. The smallest absolute Gasteiger partial charge is 0.471 e. The fraction of sp³-hybridized carbons (Fsp3) is 0.235. The summed E-state index contributed by atoms with van der Waals surface area (Å²) in [6.45, 7) is 0. The average Bonchev–Trinajstić information content (AvgIpc) is 3.23. The van der Waals surface area contributed by atoms with Gasteiger partial charge in [-0.2, -0.15) is 13.2 Å². The van der Waals surface area contributed by atoms with Gasteiger partial charge in [-0.1, -0.05) is 11.2 Å². The first-order valence-electron chi connectivity index (χ1n) is 7.67. The lowest BCUT2D eigenvalue weighted by atomic mass is 10.2. The number of nitrogens with one attached hydrogen (secondary N) is 1. The van der Waals surface area contributed by atoms with Gasteiger partial charge in [0, 0.05) is 6.42 Å². The summed E-state index contributed by atoms with van der Waals surface area (Å²) in [5.41, 5.74) is 1.02. The van der Waals surface area contributed by atoms with E-state index < -0.39 is 24.1 Å². The molecule has 0 aliphatic heterocycles. The summed E-state index contributed by atoms with van der Waals surface area (Å²) in [4.78, 5) is 28.8. The number of alkyl halides is 3. The number of carbonyl (C=O) groups excluding carboxylic acids is 2. The Morgan fingerprint density at radius 2 is 2.07 bits per heavy atom. The number of benzene rings is 1. The van der Waals surface area contributed by atoms with Crippen LogP contribution in [0.5, 0.6) is 5.75 Å². The third-order valence-electron chi connectivity index (χ3n) is 3.84. The number of hydrogen-bond donors (Lipinski definition) is 1. The first-order chi connectivity index (χ1) is 12.8. The lowest BCUT2D eigenvalue weighted by Gasteiger charge is -2.13. The van der Waals surface area contributed by atoms with Crippen LogP contribution in [0.3, 0.4) is 0 Å². The molecular formula is C17H13F3N2O4S. The molecule has 1 aliphatic carbocycles. The number of fused-ring (bicyclic) bond motifs is 1. The van der Waals surface area contributed by atoms with Gasteiger partial charge in [-0.15, -0.1) is 11.3 Å². The number of ether oxygens (including phenoxy) is 1. The Labute approximate surface area is 155 Å². The van der Waals surface area contributed by atoms with E-state index >= 15 is 0 Å². The molecule has 142 valence electrons. The number of nitrogens with zero attached hydrogens (tertiary/aromatic N) is 1. The SMILES string of the molecule is COc1cccc(C(=O)ON=C2C[C@@H](NC(=O)C(F)(F)F)c3ccsc32)c1. The molecule has 0 saturated carbocycles. The van der Waals surface area contributed by atoms with E-state index in [0.29, 0.717) is 21.9 Å². The van der Waals surface area contributed by atoms with Gasteiger partial charge in [-0.25, -0.2) is 4.79 Å².